The van der Waals surface area contributed by atoms with Crippen molar-refractivity contribution in [3.05, 3.63) is 29.9 Å². The Morgan fingerprint density at radius 3 is 3.00 bits per heavy atom. The highest BCUT2D eigenvalue weighted by molar-refractivity contribution is 7.13. The molecule has 0 saturated carbocycles. The lowest BCUT2D eigenvalue weighted by atomic mass is 10.4. The molecule has 1 aliphatic heterocycles. The van der Waals surface area contributed by atoms with E-state index < -0.39 is 0 Å². The highest BCUT2D eigenvalue weighted by Crippen LogP contribution is 2.23. The fourth-order valence-electron chi connectivity index (χ4n) is 2.06. The third kappa shape index (κ3) is 3.53. The van der Waals surface area contributed by atoms with Crippen molar-refractivity contribution in [3.8, 4) is 16.5 Å². The largest absolute Gasteiger partial charge is 0.475 e. The van der Waals surface area contributed by atoms with Gasteiger partial charge in [-0.1, -0.05) is 6.07 Å². The number of hydrogen-bond acceptors (Lipinski definition) is 6. The van der Waals surface area contributed by atoms with Gasteiger partial charge in [-0.2, -0.15) is 0 Å². The zero-order valence-electron chi connectivity index (χ0n) is 11.2. The van der Waals surface area contributed by atoms with E-state index in [-0.39, 0.29) is 0 Å². The first-order valence-electron chi connectivity index (χ1n) is 6.70. The summed E-state index contributed by atoms with van der Waals surface area (Å²) in [5, 5.41) is 2.03. The van der Waals surface area contributed by atoms with Gasteiger partial charge in [-0.05, 0) is 11.4 Å². The average molecular weight is 291 g/mol. The molecular formula is C14H17N3O2S. The Bertz CT molecular complexity index is 527. The van der Waals surface area contributed by atoms with Crippen LogP contribution >= 0.6 is 11.3 Å². The van der Waals surface area contributed by atoms with Crippen molar-refractivity contribution in [2.24, 2.45) is 0 Å². The molecule has 0 aromatic carbocycles. The molecule has 0 N–H and O–H groups in total. The fraction of sp³-hybridized carbons (Fsp3) is 0.429. The van der Waals surface area contributed by atoms with Gasteiger partial charge in [0.15, 0.2) is 0 Å². The van der Waals surface area contributed by atoms with E-state index in [0.717, 1.165) is 43.4 Å². The molecule has 0 amide bonds. The van der Waals surface area contributed by atoms with Crippen LogP contribution in [0.2, 0.25) is 0 Å². The van der Waals surface area contributed by atoms with Crippen molar-refractivity contribution in [2.75, 3.05) is 39.5 Å². The number of aromatic nitrogens is 2. The third-order valence-electron chi connectivity index (χ3n) is 3.15. The summed E-state index contributed by atoms with van der Waals surface area (Å²) < 4.78 is 11.0. The molecule has 2 aromatic heterocycles. The lowest BCUT2D eigenvalue weighted by Crippen LogP contribution is -2.38. The van der Waals surface area contributed by atoms with E-state index in [1.165, 1.54) is 0 Å². The van der Waals surface area contributed by atoms with Crippen molar-refractivity contribution < 1.29 is 9.47 Å². The number of hydrogen-bond donors (Lipinski definition) is 0. The van der Waals surface area contributed by atoms with Crippen LogP contribution in [0, 0.1) is 0 Å². The van der Waals surface area contributed by atoms with Crippen molar-refractivity contribution in [1.29, 1.82) is 0 Å². The molecule has 0 unspecified atom stereocenters. The molecule has 106 valence electrons. The maximum Gasteiger partial charge on any atom is 0.232 e. The predicted molar refractivity (Wildman–Crippen MR) is 78.1 cm³/mol. The minimum atomic E-state index is 0.587. The van der Waals surface area contributed by atoms with Gasteiger partial charge in [-0.15, -0.1) is 11.3 Å². The zero-order chi connectivity index (χ0) is 13.6. The minimum absolute atomic E-state index is 0.587. The Labute approximate surface area is 122 Å². The molecular weight excluding hydrogens is 274 g/mol. The average Bonchev–Trinajstić information content (AvgIpc) is 3.03. The molecule has 0 spiro atoms. The molecule has 0 radical (unpaired) electrons. The van der Waals surface area contributed by atoms with E-state index in [9.17, 15) is 0 Å². The molecule has 1 saturated heterocycles. The second-order valence-electron chi connectivity index (χ2n) is 4.52. The van der Waals surface area contributed by atoms with E-state index in [4.69, 9.17) is 9.47 Å². The fourth-order valence-corrected chi connectivity index (χ4v) is 2.74. The van der Waals surface area contributed by atoms with Crippen LogP contribution in [0.15, 0.2) is 29.9 Å². The Morgan fingerprint density at radius 2 is 2.20 bits per heavy atom. The summed E-state index contributed by atoms with van der Waals surface area (Å²) in [5.41, 5.74) is 0.865. The first-order valence-corrected chi connectivity index (χ1v) is 7.58. The van der Waals surface area contributed by atoms with Crippen molar-refractivity contribution in [2.45, 2.75) is 0 Å². The zero-order valence-corrected chi connectivity index (χ0v) is 12.0. The van der Waals surface area contributed by atoms with Gasteiger partial charge in [0.1, 0.15) is 12.3 Å². The van der Waals surface area contributed by atoms with Gasteiger partial charge >= 0.3 is 0 Å². The summed E-state index contributed by atoms with van der Waals surface area (Å²) in [6, 6.07) is 4.04. The number of thiophene rings is 1. The number of rotatable bonds is 5. The molecule has 5 nitrogen and oxygen atoms in total. The number of ether oxygens (including phenoxy) is 2. The van der Waals surface area contributed by atoms with Crippen LogP contribution in [0.25, 0.3) is 10.6 Å². The number of morpholine rings is 1. The quantitative estimate of drug-likeness (QED) is 0.842. The second kappa shape index (κ2) is 6.78. The summed E-state index contributed by atoms with van der Waals surface area (Å²) >= 11 is 1.65. The lowest BCUT2D eigenvalue weighted by Gasteiger charge is -2.26. The van der Waals surface area contributed by atoms with Gasteiger partial charge < -0.3 is 9.47 Å². The maximum atomic E-state index is 5.70. The Morgan fingerprint density at radius 1 is 1.30 bits per heavy atom. The highest BCUT2D eigenvalue weighted by atomic mass is 32.1. The summed E-state index contributed by atoms with van der Waals surface area (Å²) in [4.78, 5) is 12.1. The monoisotopic (exact) mass is 291 g/mol. The van der Waals surface area contributed by atoms with Gasteiger partial charge in [0, 0.05) is 19.6 Å². The molecule has 1 fully saturated rings. The summed E-state index contributed by atoms with van der Waals surface area (Å²) in [7, 11) is 0. The van der Waals surface area contributed by atoms with Crippen LogP contribution in [0.4, 0.5) is 0 Å². The first kappa shape index (κ1) is 13.5. The second-order valence-corrected chi connectivity index (χ2v) is 5.47. The Hall–Kier alpha value is -1.50. The third-order valence-corrected chi connectivity index (χ3v) is 4.04. The molecule has 0 aliphatic carbocycles. The molecule has 20 heavy (non-hydrogen) atoms. The van der Waals surface area contributed by atoms with E-state index in [1.54, 1.807) is 23.7 Å². The van der Waals surface area contributed by atoms with Crippen LogP contribution in [0.5, 0.6) is 5.88 Å². The van der Waals surface area contributed by atoms with Crippen molar-refractivity contribution in [1.82, 2.24) is 14.9 Å². The lowest BCUT2D eigenvalue weighted by molar-refractivity contribution is 0.0320. The maximum absolute atomic E-state index is 5.70. The Balaban J connectivity index is 1.53. The summed E-state index contributed by atoms with van der Waals surface area (Å²) in [5.74, 6) is 0.587. The number of nitrogens with zero attached hydrogens (tertiary/aromatic N) is 3. The minimum Gasteiger partial charge on any atom is -0.475 e. The van der Waals surface area contributed by atoms with Gasteiger partial charge in [0.2, 0.25) is 5.88 Å². The van der Waals surface area contributed by atoms with Crippen LogP contribution in [0.1, 0.15) is 0 Å². The first-order chi connectivity index (χ1) is 9.92. The van der Waals surface area contributed by atoms with Gasteiger partial charge in [0.05, 0.1) is 30.5 Å². The van der Waals surface area contributed by atoms with Gasteiger partial charge in [0.25, 0.3) is 0 Å². The van der Waals surface area contributed by atoms with Crippen LogP contribution in [-0.2, 0) is 4.74 Å². The highest BCUT2D eigenvalue weighted by Gasteiger charge is 2.10. The van der Waals surface area contributed by atoms with E-state index >= 15 is 0 Å². The van der Waals surface area contributed by atoms with Gasteiger partial charge in [-0.25, -0.2) is 4.98 Å². The SMILES string of the molecule is c1csc(-c2cncc(OCCN3CCOCC3)n2)c1. The van der Waals surface area contributed by atoms with Crippen LogP contribution in [0.3, 0.4) is 0 Å². The van der Waals surface area contributed by atoms with Crippen LogP contribution in [-0.4, -0.2) is 54.3 Å². The molecule has 3 heterocycles. The summed E-state index contributed by atoms with van der Waals surface area (Å²) in [6.45, 7) is 5.10. The van der Waals surface area contributed by atoms with Crippen LogP contribution < -0.4 is 4.74 Å². The Kier molecular flexibility index (Phi) is 4.57. The van der Waals surface area contributed by atoms with E-state index in [0.29, 0.717) is 12.5 Å². The molecule has 6 heteroatoms. The van der Waals surface area contributed by atoms with E-state index in [1.807, 2.05) is 17.5 Å². The van der Waals surface area contributed by atoms with E-state index in [2.05, 4.69) is 14.9 Å². The molecule has 2 aromatic rings. The molecule has 0 atom stereocenters. The topological polar surface area (TPSA) is 47.5 Å². The van der Waals surface area contributed by atoms with Crippen molar-refractivity contribution >= 4 is 11.3 Å². The molecule has 3 rings (SSSR count). The molecule has 1 aliphatic rings. The standard InChI is InChI=1S/C14H17N3O2S/c1-2-13(20-9-1)12-10-15-11-14(16-12)19-8-5-17-3-6-18-7-4-17/h1-2,9-11H,3-8H2. The smallest absolute Gasteiger partial charge is 0.232 e. The van der Waals surface area contributed by atoms with Gasteiger partial charge in [-0.3, -0.25) is 9.88 Å². The molecule has 0 bridgehead atoms. The normalized spacial score (nSPS) is 16.2. The summed E-state index contributed by atoms with van der Waals surface area (Å²) in [6.07, 6.45) is 3.43. The van der Waals surface area contributed by atoms with Crippen molar-refractivity contribution in [3.63, 3.8) is 0 Å². The predicted octanol–water partition coefficient (Wildman–Crippen LogP) is 1.92.